The minimum Gasteiger partial charge on any atom is -0.459 e. The molecule has 2 aromatic carbocycles. The van der Waals surface area contributed by atoms with Gasteiger partial charge in [-0.2, -0.15) is 0 Å². The van der Waals surface area contributed by atoms with Crippen molar-refractivity contribution in [1.29, 1.82) is 0 Å². The highest BCUT2D eigenvalue weighted by molar-refractivity contribution is 9.11. The molecule has 0 aliphatic heterocycles. The smallest absolute Gasteiger partial charge is 0.134 e. The Balaban J connectivity index is 2.05. The zero-order chi connectivity index (χ0) is 13.4. The van der Waals surface area contributed by atoms with Gasteiger partial charge in [-0.05, 0) is 35.9 Å². The van der Waals surface area contributed by atoms with Crippen molar-refractivity contribution in [2.45, 2.75) is 6.04 Å². The Kier molecular flexibility index (Phi) is 3.48. The summed E-state index contributed by atoms with van der Waals surface area (Å²) in [4.78, 5) is 0. The molecule has 0 spiro atoms. The summed E-state index contributed by atoms with van der Waals surface area (Å²) in [5.74, 6) is 0.770. The predicted molar refractivity (Wildman–Crippen MR) is 84.1 cm³/mol. The number of nitrogens with two attached hydrogens (primary N) is 1. The minimum absolute atomic E-state index is 0.277. The molecule has 0 saturated carbocycles. The molecule has 0 amide bonds. The minimum atomic E-state index is -0.277. The Morgan fingerprint density at radius 3 is 2.32 bits per heavy atom. The fraction of sp³-hybridized carbons (Fsp3) is 0.0667. The number of rotatable bonds is 2. The Morgan fingerprint density at radius 2 is 1.63 bits per heavy atom. The van der Waals surface area contributed by atoms with Crippen molar-refractivity contribution in [3.8, 4) is 0 Å². The van der Waals surface area contributed by atoms with Crippen LogP contribution in [0.4, 0.5) is 0 Å². The molecule has 2 N–H and O–H groups in total. The van der Waals surface area contributed by atoms with Gasteiger partial charge in [0.1, 0.15) is 11.3 Å². The van der Waals surface area contributed by atoms with Crippen LogP contribution in [0.1, 0.15) is 17.4 Å². The molecule has 4 heteroatoms. The number of para-hydroxylation sites is 1. The Bertz CT molecular complexity index is 683. The summed E-state index contributed by atoms with van der Waals surface area (Å²) in [5.41, 5.74) is 8.15. The zero-order valence-electron chi connectivity index (χ0n) is 9.94. The molecule has 0 fully saturated rings. The van der Waals surface area contributed by atoms with Crippen molar-refractivity contribution in [3.05, 3.63) is 68.8 Å². The van der Waals surface area contributed by atoms with Crippen molar-refractivity contribution in [1.82, 2.24) is 0 Å². The van der Waals surface area contributed by atoms with Crippen LogP contribution in [-0.4, -0.2) is 0 Å². The van der Waals surface area contributed by atoms with Gasteiger partial charge in [0.25, 0.3) is 0 Å². The summed E-state index contributed by atoms with van der Waals surface area (Å²) in [6, 6.07) is 15.6. The van der Waals surface area contributed by atoms with E-state index < -0.39 is 0 Å². The Hall–Kier alpha value is -1.10. The number of furan rings is 1. The molecule has 19 heavy (non-hydrogen) atoms. The van der Waals surface area contributed by atoms with Crippen LogP contribution in [0, 0.1) is 0 Å². The maximum atomic E-state index is 6.28. The number of hydrogen-bond acceptors (Lipinski definition) is 2. The van der Waals surface area contributed by atoms with Crippen LogP contribution in [-0.2, 0) is 0 Å². The molecule has 1 heterocycles. The summed E-state index contributed by atoms with van der Waals surface area (Å²) in [6.45, 7) is 0. The second-order valence-electron chi connectivity index (χ2n) is 4.37. The van der Waals surface area contributed by atoms with Gasteiger partial charge in [0.2, 0.25) is 0 Å². The quantitative estimate of drug-likeness (QED) is 0.678. The normalized spacial score (nSPS) is 12.8. The number of halogens is 2. The van der Waals surface area contributed by atoms with E-state index in [4.69, 9.17) is 10.2 Å². The van der Waals surface area contributed by atoms with Gasteiger partial charge in [0, 0.05) is 14.3 Å². The van der Waals surface area contributed by atoms with E-state index in [1.807, 2.05) is 48.5 Å². The monoisotopic (exact) mass is 379 g/mol. The van der Waals surface area contributed by atoms with E-state index in [1.165, 1.54) is 0 Å². The van der Waals surface area contributed by atoms with E-state index in [9.17, 15) is 0 Å². The molecule has 2 nitrogen and oxygen atoms in total. The predicted octanol–water partition coefficient (Wildman–Crippen LogP) is 5.01. The highest BCUT2D eigenvalue weighted by atomic mass is 79.9. The molecule has 0 aliphatic rings. The van der Waals surface area contributed by atoms with E-state index in [1.54, 1.807) is 0 Å². The third kappa shape index (κ3) is 2.61. The van der Waals surface area contributed by atoms with Crippen molar-refractivity contribution in [2.75, 3.05) is 0 Å². The van der Waals surface area contributed by atoms with Gasteiger partial charge in [-0.15, -0.1) is 0 Å². The maximum absolute atomic E-state index is 6.28. The third-order valence-corrected chi connectivity index (χ3v) is 3.91. The first-order valence-electron chi connectivity index (χ1n) is 5.83. The van der Waals surface area contributed by atoms with Crippen LogP contribution in [0.3, 0.4) is 0 Å². The average Bonchev–Trinajstić information content (AvgIpc) is 2.80. The molecule has 0 aliphatic carbocycles. The van der Waals surface area contributed by atoms with E-state index in [2.05, 4.69) is 31.9 Å². The van der Waals surface area contributed by atoms with Crippen LogP contribution >= 0.6 is 31.9 Å². The van der Waals surface area contributed by atoms with Gasteiger partial charge < -0.3 is 10.2 Å². The second-order valence-corrected chi connectivity index (χ2v) is 6.20. The average molecular weight is 381 g/mol. The van der Waals surface area contributed by atoms with Crippen LogP contribution in [0.25, 0.3) is 11.0 Å². The topological polar surface area (TPSA) is 39.2 Å². The maximum Gasteiger partial charge on any atom is 0.134 e. The molecule has 1 unspecified atom stereocenters. The molecule has 3 aromatic rings. The van der Waals surface area contributed by atoms with Crippen LogP contribution < -0.4 is 5.73 Å². The lowest BCUT2D eigenvalue weighted by molar-refractivity contribution is 0.525. The third-order valence-electron chi connectivity index (χ3n) is 3.00. The Morgan fingerprint density at radius 1 is 0.947 bits per heavy atom. The highest BCUT2D eigenvalue weighted by Gasteiger charge is 2.15. The van der Waals surface area contributed by atoms with Gasteiger partial charge in [0.05, 0.1) is 6.04 Å². The molecule has 0 saturated heterocycles. The number of hydrogen-bond donors (Lipinski definition) is 1. The summed E-state index contributed by atoms with van der Waals surface area (Å²) in [7, 11) is 0. The SMILES string of the molecule is NC(c1cc(Br)cc(Br)c1)c1cc2ccccc2o1. The molecule has 1 aromatic heterocycles. The Labute approximate surface area is 127 Å². The first-order valence-corrected chi connectivity index (χ1v) is 7.42. The summed E-state index contributed by atoms with van der Waals surface area (Å²) in [6.07, 6.45) is 0. The first kappa shape index (κ1) is 12.9. The molecule has 96 valence electrons. The van der Waals surface area contributed by atoms with Crippen molar-refractivity contribution >= 4 is 42.8 Å². The molecule has 3 rings (SSSR count). The lowest BCUT2D eigenvalue weighted by Crippen LogP contribution is -2.10. The standard InChI is InChI=1S/C15H11Br2NO/c16-11-5-10(6-12(17)8-11)15(18)14-7-9-3-1-2-4-13(9)19-14/h1-8,15H,18H2. The second kappa shape index (κ2) is 5.12. The molecular formula is C15H11Br2NO. The molecule has 0 radical (unpaired) electrons. The van der Waals surface area contributed by atoms with Crippen molar-refractivity contribution in [2.24, 2.45) is 5.73 Å². The van der Waals surface area contributed by atoms with Crippen LogP contribution in [0.15, 0.2) is 61.9 Å². The number of benzene rings is 2. The largest absolute Gasteiger partial charge is 0.459 e. The van der Waals surface area contributed by atoms with Gasteiger partial charge in [-0.25, -0.2) is 0 Å². The van der Waals surface area contributed by atoms with Gasteiger partial charge in [0.15, 0.2) is 0 Å². The summed E-state index contributed by atoms with van der Waals surface area (Å²) < 4.78 is 7.79. The van der Waals surface area contributed by atoms with Crippen molar-refractivity contribution in [3.63, 3.8) is 0 Å². The van der Waals surface area contributed by atoms with Gasteiger partial charge in [-0.3, -0.25) is 0 Å². The van der Waals surface area contributed by atoms with E-state index in [-0.39, 0.29) is 6.04 Å². The van der Waals surface area contributed by atoms with E-state index in [0.717, 1.165) is 31.2 Å². The molecule has 1 atom stereocenters. The van der Waals surface area contributed by atoms with Gasteiger partial charge in [-0.1, -0.05) is 50.1 Å². The molecule has 0 bridgehead atoms. The fourth-order valence-electron chi connectivity index (χ4n) is 2.07. The van der Waals surface area contributed by atoms with Crippen LogP contribution in [0.2, 0.25) is 0 Å². The highest BCUT2D eigenvalue weighted by Crippen LogP contribution is 2.30. The lowest BCUT2D eigenvalue weighted by atomic mass is 10.1. The first-order chi connectivity index (χ1) is 9.13. The van der Waals surface area contributed by atoms with Gasteiger partial charge >= 0.3 is 0 Å². The fourth-order valence-corrected chi connectivity index (χ4v) is 3.40. The van der Waals surface area contributed by atoms with E-state index >= 15 is 0 Å². The lowest BCUT2D eigenvalue weighted by Gasteiger charge is -2.10. The van der Waals surface area contributed by atoms with Crippen molar-refractivity contribution < 1.29 is 4.42 Å². The zero-order valence-corrected chi connectivity index (χ0v) is 13.1. The number of fused-ring (bicyclic) bond motifs is 1. The van der Waals surface area contributed by atoms with Crippen LogP contribution in [0.5, 0.6) is 0 Å². The summed E-state index contributed by atoms with van der Waals surface area (Å²) >= 11 is 6.94. The molecular weight excluding hydrogens is 370 g/mol. The summed E-state index contributed by atoms with van der Waals surface area (Å²) in [5, 5.41) is 1.07. The van der Waals surface area contributed by atoms with E-state index in [0.29, 0.717) is 0 Å².